The van der Waals surface area contributed by atoms with Crippen molar-refractivity contribution in [2.45, 2.75) is 65.5 Å². The highest BCUT2D eigenvalue weighted by Gasteiger charge is 2.42. The number of amides is 2. The summed E-state index contributed by atoms with van der Waals surface area (Å²) in [6, 6.07) is 2.14. The van der Waals surface area contributed by atoms with Crippen molar-refractivity contribution >= 4 is 29.2 Å². The van der Waals surface area contributed by atoms with Crippen LogP contribution in [0, 0.1) is 17.3 Å². The molecular weight excluding hydrogens is 426 g/mol. The standard InChI is InChI=1S/C24H30ClN5O2/c1-14(31)29-12-15-4-5-17(29)6-16(15)7-23(32)28-22-8-18(20(25)11-26-22)19-10-27-30-13-24(2,3)9-21(19)30/h8,10-11,15-17H,4-7,9,12-13H2,1-3H3,(H,26,28,32)/t15?,16-,17?/m1/s1. The van der Waals surface area contributed by atoms with Gasteiger partial charge in [0.05, 0.1) is 11.2 Å². The second-order valence-corrected chi connectivity index (χ2v) is 10.9. The quantitative estimate of drug-likeness (QED) is 0.750. The molecule has 2 unspecified atom stereocenters. The first-order chi connectivity index (χ1) is 15.2. The summed E-state index contributed by atoms with van der Waals surface area (Å²) >= 11 is 6.49. The lowest BCUT2D eigenvalue weighted by molar-refractivity contribution is -0.138. The Bertz CT molecular complexity index is 1080. The van der Waals surface area contributed by atoms with E-state index in [1.54, 1.807) is 13.1 Å². The molecule has 32 heavy (non-hydrogen) atoms. The van der Waals surface area contributed by atoms with Crippen molar-refractivity contribution in [2.24, 2.45) is 17.3 Å². The Morgan fingerprint density at radius 1 is 1.25 bits per heavy atom. The summed E-state index contributed by atoms with van der Waals surface area (Å²) in [6.07, 6.45) is 7.92. The summed E-state index contributed by atoms with van der Waals surface area (Å²) in [7, 11) is 0. The molecule has 3 fully saturated rings. The fourth-order valence-corrected chi connectivity index (χ4v) is 6.09. The molecule has 2 amide bonds. The number of hydrogen-bond donors (Lipinski definition) is 1. The van der Waals surface area contributed by atoms with E-state index in [0.717, 1.165) is 49.9 Å². The van der Waals surface area contributed by atoms with Crippen molar-refractivity contribution in [3.05, 3.63) is 29.2 Å². The predicted molar refractivity (Wildman–Crippen MR) is 123 cm³/mol. The molecule has 6 rings (SSSR count). The first-order valence-electron chi connectivity index (χ1n) is 11.5. The SMILES string of the molecule is CC(=O)N1CC2CCC1C[C@@H]2CC(=O)Nc1cc(-c2cnn3c2CC(C)(C)C3)c(Cl)cn1. The second-order valence-electron chi connectivity index (χ2n) is 10.5. The molecule has 2 bridgehead atoms. The van der Waals surface area contributed by atoms with Gasteiger partial charge >= 0.3 is 0 Å². The number of nitrogens with one attached hydrogen (secondary N) is 1. The van der Waals surface area contributed by atoms with Crippen LogP contribution >= 0.6 is 11.6 Å². The van der Waals surface area contributed by atoms with Crippen LogP contribution < -0.4 is 5.32 Å². The Morgan fingerprint density at radius 2 is 2.06 bits per heavy atom. The molecule has 0 radical (unpaired) electrons. The highest BCUT2D eigenvalue weighted by molar-refractivity contribution is 6.33. The minimum atomic E-state index is -0.0286. The van der Waals surface area contributed by atoms with E-state index in [9.17, 15) is 9.59 Å². The molecule has 0 aromatic carbocycles. The summed E-state index contributed by atoms with van der Waals surface area (Å²) in [6.45, 7) is 7.78. The van der Waals surface area contributed by atoms with Crippen LogP contribution in [-0.2, 0) is 22.6 Å². The molecule has 4 aliphatic rings. The third-order valence-electron chi connectivity index (χ3n) is 7.42. The van der Waals surface area contributed by atoms with Crippen molar-refractivity contribution in [1.29, 1.82) is 0 Å². The number of rotatable bonds is 4. The molecule has 2 aromatic heterocycles. The van der Waals surface area contributed by atoms with E-state index < -0.39 is 0 Å². The van der Waals surface area contributed by atoms with Gasteiger partial charge < -0.3 is 10.2 Å². The third kappa shape index (κ3) is 3.91. The number of carbonyl (C=O) groups is 2. The molecule has 3 atom stereocenters. The summed E-state index contributed by atoms with van der Waals surface area (Å²) in [4.78, 5) is 31.0. The zero-order valence-electron chi connectivity index (χ0n) is 18.9. The Hall–Kier alpha value is -2.41. The van der Waals surface area contributed by atoms with Gasteiger partial charge in [-0.2, -0.15) is 5.10 Å². The number of anilines is 1. The Balaban J connectivity index is 1.28. The van der Waals surface area contributed by atoms with Gasteiger partial charge in [-0.05, 0) is 49.0 Å². The van der Waals surface area contributed by atoms with Gasteiger partial charge in [0.2, 0.25) is 11.8 Å². The molecule has 2 aromatic rings. The van der Waals surface area contributed by atoms with Crippen molar-refractivity contribution < 1.29 is 9.59 Å². The smallest absolute Gasteiger partial charge is 0.225 e. The van der Waals surface area contributed by atoms with E-state index in [4.69, 9.17) is 11.6 Å². The lowest BCUT2D eigenvalue weighted by atomic mass is 9.70. The van der Waals surface area contributed by atoms with Crippen LogP contribution in [0.25, 0.3) is 11.1 Å². The topological polar surface area (TPSA) is 80.1 Å². The molecular formula is C24H30ClN5O2. The number of hydrogen-bond acceptors (Lipinski definition) is 4. The minimum Gasteiger partial charge on any atom is -0.340 e. The van der Waals surface area contributed by atoms with Gasteiger partial charge in [-0.3, -0.25) is 14.3 Å². The molecule has 8 heteroatoms. The van der Waals surface area contributed by atoms with Crippen LogP contribution in [-0.4, -0.2) is 44.1 Å². The molecule has 5 heterocycles. The van der Waals surface area contributed by atoms with E-state index in [0.29, 0.717) is 29.1 Å². The van der Waals surface area contributed by atoms with E-state index in [2.05, 4.69) is 29.2 Å². The molecule has 7 nitrogen and oxygen atoms in total. The Labute approximate surface area is 193 Å². The molecule has 1 saturated carbocycles. The molecule has 170 valence electrons. The minimum absolute atomic E-state index is 0.0286. The Morgan fingerprint density at radius 3 is 2.78 bits per heavy atom. The zero-order chi connectivity index (χ0) is 22.6. The first kappa shape index (κ1) is 21.4. The monoisotopic (exact) mass is 455 g/mol. The van der Waals surface area contributed by atoms with Crippen LogP contribution in [0.1, 0.15) is 52.1 Å². The second kappa shape index (κ2) is 7.87. The average Bonchev–Trinajstić information content (AvgIpc) is 3.24. The van der Waals surface area contributed by atoms with Gasteiger partial charge in [-0.25, -0.2) is 4.98 Å². The largest absolute Gasteiger partial charge is 0.340 e. The summed E-state index contributed by atoms with van der Waals surface area (Å²) in [5.41, 5.74) is 3.21. The maximum atomic E-state index is 12.8. The van der Waals surface area contributed by atoms with E-state index in [1.807, 2.05) is 21.8 Å². The van der Waals surface area contributed by atoms with Crippen molar-refractivity contribution in [3.63, 3.8) is 0 Å². The van der Waals surface area contributed by atoms with E-state index in [-0.39, 0.29) is 23.3 Å². The first-order valence-corrected chi connectivity index (χ1v) is 11.9. The van der Waals surface area contributed by atoms with Crippen molar-refractivity contribution in [2.75, 3.05) is 11.9 Å². The maximum Gasteiger partial charge on any atom is 0.225 e. The highest BCUT2D eigenvalue weighted by Crippen LogP contribution is 2.42. The number of aromatic nitrogens is 3. The number of nitrogens with zero attached hydrogens (tertiary/aromatic N) is 4. The maximum absolute atomic E-state index is 12.8. The fourth-order valence-electron chi connectivity index (χ4n) is 5.88. The van der Waals surface area contributed by atoms with Crippen LogP contribution in [0.2, 0.25) is 5.02 Å². The lowest BCUT2D eigenvalue weighted by Crippen LogP contribution is -2.54. The average molecular weight is 456 g/mol. The number of carbonyl (C=O) groups excluding carboxylic acids is 2. The van der Waals surface area contributed by atoms with Crippen LogP contribution in [0.4, 0.5) is 5.82 Å². The van der Waals surface area contributed by atoms with Crippen molar-refractivity contribution in [1.82, 2.24) is 19.7 Å². The number of halogens is 1. The molecule has 1 aliphatic carbocycles. The van der Waals surface area contributed by atoms with Crippen LogP contribution in [0.15, 0.2) is 18.5 Å². The van der Waals surface area contributed by atoms with Gasteiger partial charge in [-0.1, -0.05) is 25.4 Å². The predicted octanol–water partition coefficient (Wildman–Crippen LogP) is 4.16. The highest BCUT2D eigenvalue weighted by atomic mass is 35.5. The molecule has 0 spiro atoms. The normalized spacial score (nSPS) is 25.6. The molecule has 3 aliphatic heterocycles. The zero-order valence-corrected chi connectivity index (χ0v) is 19.7. The van der Waals surface area contributed by atoms with Gasteiger partial charge in [0.1, 0.15) is 5.82 Å². The van der Waals surface area contributed by atoms with Crippen LogP contribution in [0.3, 0.4) is 0 Å². The van der Waals surface area contributed by atoms with Crippen molar-refractivity contribution in [3.8, 4) is 11.1 Å². The fraction of sp³-hybridized carbons (Fsp3) is 0.583. The van der Waals surface area contributed by atoms with Gasteiger partial charge in [0.15, 0.2) is 0 Å². The van der Waals surface area contributed by atoms with Gasteiger partial charge in [0, 0.05) is 55.5 Å². The number of pyridine rings is 1. The lowest BCUT2D eigenvalue weighted by Gasteiger charge is -2.49. The molecule has 1 N–H and O–H groups in total. The summed E-state index contributed by atoms with van der Waals surface area (Å²) in [5, 5.41) is 8.07. The number of piperidine rings is 2. The van der Waals surface area contributed by atoms with Gasteiger partial charge in [0.25, 0.3) is 0 Å². The van der Waals surface area contributed by atoms with Crippen LogP contribution in [0.5, 0.6) is 0 Å². The summed E-state index contributed by atoms with van der Waals surface area (Å²) in [5.74, 6) is 1.35. The third-order valence-corrected chi connectivity index (χ3v) is 7.72. The number of fused-ring (bicyclic) bond motifs is 4. The Kier molecular flexibility index (Phi) is 5.27. The van der Waals surface area contributed by atoms with E-state index in [1.165, 1.54) is 5.69 Å². The van der Waals surface area contributed by atoms with E-state index >= 15 is 0 Å². The summed E-state index contributed by atoms with van der Waals surface area (Å²) < 4.78 is 2.05. The van der Waals surface area contributed by atoms with Gasteiger partial charge in [-0.15, -0.1) is 0 Å². The molecule has 2 saturated heterocycles.